The molecule has 45 heavy (non-hydrogen) atoms. The largest absolute Gasteiger partial charge is 0.479 e. The van der Waals surface area contributed by atoms with E-state index in [4.69, 9.17) is 14.2 Å². The minimum Gasteiger partial charge on any atom is -0.479 e. The average molecular weight is 634 g/mol. The van der Waals surface area contributed by atoms with E-state index in [1.807, 2.05) is 0 Å². The predicted molar refractivity (Wildman–Crippen MR) is 161 cm³/mol. The summed E-state index contributed by atoms with van der Waals surface area (Å²) in [6, 6.07) is 4.69. The average Bonchev–Trinajstić information content (AvgIpc) is 2.98. The number of carboxylic acids is 1. The first-order valence-electron chi connectivity index (χ1n) is 14.9. The number of carbonyl (C=O) groups is 6. The number of rotatable bonds is 18. The number of amides is 3. The fourth-order valence-electron chi connectivity index (χ4n) is 4.21. The molecule has 1 fully saturated rings. The molecule has 14 nitrogen and oxygen atoms in total. The molecule has 3 amide bonds. The number of anilines is 1. The Kier molecular flexibility index (Phi) is 15.7. The molecule has 0 bridgehead atoms. The van der Waals surface area contributed by atoms with Crippen LogP contribution in [-0.2, 0) is 44.8 Å². The topological polar surface area (TPSA) is 198 Å². The Labute approximate surface area is 262 Å². The van der Waals surface area contributed by atoms with Gasteiger partial charge in [-0.25, -0.2) is 4.79 Å². The van der Waals surface area contributed by atoms with E-state index >= 15 is 0 Å². The minimum absolute atomic E-state index is 0.0184. The first-order valence-corrected chi connectivity index (χ1v) is 14.9. The highest BCUT2D eigenvalue weighted by atomic mass is 16.7. The summed E-state index contributed by atoms with van der Waals surface area (Å²) in [5.41, 5.74) is 0.769. The van der Waals surface area contributed by atoms with Gasteiger partial charge in [-0.2, -0.15) is 0 Å². The molecular formula is C31H43N3O11. The number of carboxylic acid groups (broad SMARTS) is 1. The number of unbranched alkanes of at least 4 members (excludes halogenated alkanes) is 2. The van der Waals surface area contributed by atoms with Crippen molar-refractivity contribution in [3.8, 4) is 5.75 Å². The number of aliphatic hydroxyl groups excluding tert-OH is 1. The van der Waals surface area contributed by atoms with Crippen LogP contribution in [0.25, 0.3) is 0 Å². The van der Waals surface area contributed by atoms with Crippen molar-refractivity contribution < 1.29 is 53.2 Å². The third kappa shape index (κ3) is 13.9. The van der Waals surface area contributed by atoms with E-state index < -0.39 is 36.3 Å². The first-order chi connectivity index (χ1) is 21.4. The molecule has 3 atom stereocenters. The van der Waals surface area contributed by atoms with Crippen LogP contribution in [-0.4, -0.2) is 89.7 Å². The summed E-state index contributed by atoms with van der Waals surface area (Å²) < 4.78 is 16.6. The van der Waals surface area contributed by atoms with Gasteiger partial charge in [0.25, 0.3) is 0 Å². The maximum Gasteiger partial charge on any atom is 0.333 e. The van der Waals surface area contributed by atoms with E-state index in [0.717, 1.165) is 6.08 Å². The lowest BCUT2D eigenvalue weighted by Gasteiger charge is -2.31. The van der Waals surface area contributed by atoms with Gasteiger partial charge in [0.2, 0.25) is 24.0 Å². The number of carbonyl (C=O) groups excluding carboxylic acids is 5. The predicted octanol–water partition coefficient (Wildman–Crippen LogP) is 1.93. The van der Waals surface area contributed by atoms with E-state index in [9.17, 15) is 39.0 Å². The normalized spacial score (nSPS) is 17.8. The summed E-state index contributed by atoms with van der Waals surface area (Å²) in [5.74, 6) is -2.74. The molecule has 3 unspecified atom stereocenters. The lowest BCUT2D eigenvalue weighted by Crippen LogP contribution is -2.42. The van der Waals surface area contributed by atoms with Gasteiger partial charge in [-0.1, -0.05) is 26.3 Å². The molecule has 1 saturated heterocycles. The van der Waals surface area contributed by atoms with Crippen molar-refractivity contribution >= 4 is 41.6 Å². The number of hydrogen-bond donors (Lipinski definition) is 4. The van der Waals surface area contributed by atoms with Gasteiger partial charge in [0.1, 0.15) is 18.6 Å². The van der Waals surface area contributed by atoms with Gasteiger partial charge < -0.3 is 40.0 Å². The lowest BCUT2D eigenvalue weighted by molar-refractivity contribution is -0.195. The minimum atomic E-state index is -1.25. The second-order valence-electron chi connectivity index (χ2n) is 10.9. The van der Waals surface area contributed by atoms with Crippen molar-refractivity contribution in [1.82, 2.24) is 10.2 Å². The number of hydrogen-bond acceptors (Lipinski definition) is 10. The lowest BCUT2D eigenvalue weighted by atomic mass is 10.1. The number of nitrogens with zero attached hydrogens (tertiary/aromatic N) is 1. The second-order valence-corrected chi connectivity index (χ2v) is 10.9. The molecule has 1 heterocycles. The zero-order valence-electron chi connectivity index (χ0n) is 25.9. The van der Waals surface area contributed by atoms with Gasteiger partial charge in [-0.05, 0) is 36.6 Å². The number of esters is 1. The third-order valence-corrected chi connectivity index (χ3v) is 6.74. The smallest absolute Gasteiger partial charge is 0.333 e. The summed E-state index contributed by atoms with van der Waals surface area (Å²) in [5, 5.41) is 24.8. The Hall–Kier alpha value is -4.30. The first kappa shape index (κ1) is 36.9. The van der Waals surface area contributed by atoms with E-state index in [-0.39, 0.29) is 68.0 Å². The fraction of sp³-hybridized carbons (Fsp3) is 0.548. The van der Waals surface area contributed by atoms with Crippen molar-refractivity contribution in [3.05, 3.63) is 35.9 Å². The molecule has 0 saturated carbocycles. The molecule has 1 aliphatic heterocycles. The van der Waals surface area contributed by atoms with Crippen LogP contribution < -0.4 is 15.4 Å². The van der Waals surface area contributed by atoms with Crippen molar-refractivity contribution in [2.75, 3.05) is 25.5 Å². The van der Waals surface area contributed by atoms with Crippen molar-refractivity contribution in [1.29, 1.82) is 0 Å². The molecule has 1 aromatic rings. The van der Waals surface area contributed by atoms with Gasteiger partial charge in [0.15, 0.2) is 6.10 Å². The third-order valence-electron chi connectivity index (χ3n) is 6.74. The van der Waals surface area contributed by atoms with Crippen LogP contribution in [0.3, 0.4) is 0 Å². The van der Waals surface area contributed by atoms with E-state index in [2.05, 4.69) is 10.6 Å². The van der Waals surface area contributed by atoms with Gasteiger partial charge in [0.05, 0.1) is 17.7 Å². The van der Waals surface area contributed by atoms with Crippen LogP contribution in [0.2, 0.25) is 0 Å². The Morgan fingerprint density at radius 1 is 1.09 bits per heavy atom. The van der Waals surface area contributed by atoms with E-state index in [1.165, 1.54) is 17.0 Å². The molecule has 4 N–H and O–H groups in total. The number of allylic oxidation sites excluding steroid dienone is 1. The zero-order chi connectivity index (χ0) is 33.4. The molecule has 2 rings (SSSR count). The number of nitrogens with one attached hydrogen (secondary N) is 2. The van der Waals surface area contributed by atoms with Crippen LogP contribution in [0.4, 0.5) is 5.69 Å². The summed E-state index contributed by atoms with van der Waals surface area (Å²) in [6.07, 6.45) is 1.70. The van der Waals surface area contributed by atoms with Crippen LogP contribution in [0.5, 0.6) is 5.75 Å². The Morgan fingerprint density at radius 2 is 1.84 bits per heavy atom. The van der Waals surface area contributed by atoms with E-state index in [0.29, 0.717) is 37.7 Å². The van der Waals surface area contributed by atoms with Crippen LogP contribution >= 0.6 is 0 Å². The highest BCUT2D eigenvalue weighted by Gasteiger charge is 2.34. The van der Waals surface area contributed by atoms with Crippen molar-refractivity contribution in [2.45, 2.75) is 83.9 Å². The molecule has 0 spiro atoms. The number of aliphatic hydroxyl groups is 1. The molecule has 14 heteroatoms. The molecule has 1 aliphatic rings. The van der Waals surface area contributed by atoms with Gasteiger partial charge >= 0.3 is 11.9 Å². The van der Waals surface area contributed by atoms with Gasteiger partial charge in [-0.3, -0.25) is 24.0 Å². The molecule has 248 valence electrons. The monoisotopic (exact) mass is 633 g/mol. The zero-order valence-corrected chi connectivity index (χ0v) is 25.9. The van der Waals surface area contributed by atoms with Crippen molar-refractivity contribution in [2.24, 2.45) is 5.92 Å². The second kappa shape index (κ2) is 19.2. The number of ether oxygens (including phenoxy) is 3. The Balaban J connectivity index is 1.90. The fourth-order valence-corrected chi connectivity index (χ4v) is 4.21. The van der Waals surface area contributed by atoms with Gasteiger partial charge in [-0.15, -0.1) is 0 Å². The highest BCUT2D eigenvalue weighted by Crippen LogP contribution is 2.31. The molecule has 0 aromatic heterocycles. The SMILES string of the molecule is CC(C)C(=O)OCc1ccc(OC2CC(O)CC(C(=O)O)O2)c(NC(=O)CCNC(=O)CCCCCN(C)C(=O)/C=C\C=O)c1. The quantitative estimate of drug-likeness (QED) is 0.0797. The summed E-state index contributed by atoms with van der Waals surface area (Å²) in [4.78, 5) is 71.8. The Bertz CT molecular complexity index is 1220. The summed E-state index contributed by atoms with van der Waals surface area (Å²) >= 11 is 0. The number of benzene rings is 1. The number of aldehydes is 1. The molecule has 1 aromatic carbocycles. The number of likely N-dealkylation sites (N-methyl/N-ethyl adjacent to an activating group) is 1. The Morgan fingerprint density at radius 3 is 2.53 bits per heavy atom. The molecule has 0 radical (unpaired) electrons. The summed E-state index contributed by atoms with van der Waals surface area (Å²) in [6.45, 7) is 3.91. The van der Waals surface area contributed by atoms with Crippen LogP contribution in [0.1, 0.15) is 64.4 Å². The molecular weight excluding hydrogens is 590 g/mol. The summed E-state index contributed by atoms with van der Waals surface area (Å²) in [7, 11) is 1.63. The van der Waals surface area contributed by atoms with Gasteiger partial charge in [0, 0.05) is 51.9 Å². The van der Waals surface area contributed by atoms with Crippen molar-refractivity contribution in [3.63, 3.8) is 0 Å². The maximum atomic E-state index is 12.8. The van der Waals surface area contributed by atoms with Crippen LogP contribution in [0.15, 0.2) is 30.4 Å². The molecule has 0 aliphatic carbocycles. The van der Waals surface area contributed by atoms with E-state index in [1.54, 1.807) is 33.0 Å². The van der Waals surface area contributed by atoms with Crippen LogP contribution in [0, 0.1) is 5.92 Å². The standard InChI is InChI=1S/C31H43N3O11/c1-20(2)31(42)43-19-21-10-11-24(44-29-18-22(36)17-25(45-29)30(40)41)23(16-21)33-27(38)12-13-32-26(37)8-5-4-6-14-34(3)28(39)9-7-15-35/h7,9-11,15-16,20,22,25,29,36H,4-6,8,12-14,17-19H2,1-3H3,(H,32,37)(H,33,38)(H,40,41)/b9-7-. The highest BCUT2D eigenvalue weighted by molar-refractivity contribution is 5.93. The number of aliphatic carboxylic acids is 1. The maximum absolute atomic E-state index is 12.8.